The number of aromatic nitrogens is 2. The van der Waals surface area contributed by atoms with Crippen LogP contribution in [0.5, 0.6) is 5.88 Å². The number of alkyl halides is 6. The average Bonchev–Trinajstić information content (AvgIpc) is 3.46. The topological polar surface area (TPSA) is 55.3 Å². The second-order valence-electron chi connectivity index (χ2n) is 9.67. The summed E-state index contributed by atoms with van der Waals surface area (Å²) in [6.45, 7) is 0.941. The zero-order valence-electron chi connectivity index (χ0n) is 21.6. The Bertz CT molecular complexity index is 1520. The number of benzene rings is 2. The number of ether oxygens (including phenoxy) is 1. The van der Waals surface area contributed by atoms with Gasteiger partial charge in [-0.1, -0.05) is 12.1 Å². The van der Waals surface area contributed by atoms with Crippen LogP contribution in [0.25, 0.3) is 22.3 Å². The highest BCUT2D eigenvalue weighted by molar-refractivity contribution is 5.98. The van der Waals surface area contributed by atoms with Gasteiger partial charge in [0.1, 0.15) is 0 Å². The third kappa shape index (κ3) is 6.03. The average molecular weight is 572 g/mol. The van der Waals surface area contributed by atoms with E-state index in [4.69, 9.17) is 4.74 Å². The molecule has 0 spiro atoms. The first-order valence-electron chi connectivity index (χ1n) is 12.6. The molecule has 0 aliphatic carbocycles. The molecule has 0 saturated carbocycles. The summed E-state index contributed by atoms with van der Waals surface area (Å²) in [5, 5.41) is 0. The lowest BCUT2D eigenvalue weighted by molar-refractivity contribution is -0.143. The lowest BCUT2D eigenvalue weighted by Gasteiger charge is -2.20. The van der Waals surface area contributed by atoms with Crippen LogP contribution in [-0.4, -0.2) is 41.0 Å². The Morgan fingerprint density at radius 3 is 2.20 bits per heavy atom. The van der Waals surface area contributed by atoms with Crippen molar-refractivity contribution in [3.05, 3.63) is 102 Å². The lowest BCUT2D eigenvalue weighted by atomic mass is 9.91. The van der Waals surface area contributed by atoms with Gasteiger partial charge >= 0.3 is 12.4 Å². The molecule has 0 radical (unpaired) electrons. The van der Waals surface area contributed by atoms with E-state index in [1.165, 1.54) is 37.6 Å². The minimum Gasteiger partial charge on any atom is -0.481 e. The molecule has 1 saturated heterocycles. The van der Waals surface area contributed by atoms with Crippen LogP contribution in [0, 0.1) is 0 Å². The van der Waals surface area contributed by atoms with Crippen LogP contribution in [-0.2, 0) is 12.4 Å². The van der Waals surface area contributed by atoms with Crippen molar-refractivity contribution < 1.29 is 35.9 Å². The molecule has 1 aliphatic rings. The van der Waals surface area contributed by atoms with Gasteiger partial charge in [0.15, 0.2) is 0 Å². The van der Waals surface area contributed by atoms with Gasteiger partial charge in [-0.15, -0.1) is 0 Å². The van der Waals surface area contributed by atoms with E-state index in [0.717, 1.165) is 12.0 Å². The second kappa shape index (κ2) is 10.9. The zero-order valence-corrected chi connectivity index (χ0v) is 21.6. The lowest BCUT2D eigenvalue weighted by Crippen LogP contribution is -2.28. The number of hydrogen-bond acceptors (Lipinski definition) is 4. The maximum absolute atomic E-state index is 13.6. The molecule has 0 N–H and O–H groups in total. The monoisotopic (exact) mass is 571 g/mol. The number of pyridine rings is 2. The standard InChI is InChI=1S/C30H23F6N3O2/c1-41-27-7-5-20(16-38-27)26-13-18(28(40)39-10-8-21(17-39)19-3-2-9-37-15-19)4-6-25(26)22-11-23(29(31,32)33)14-24(12-22)30(34,35)36/h2-7,9,11-16,21H,8,10,17H2,1H3. The fourth-order valence-electron chi connectivity index (χ4n) is 4.96. The number of methoxy groups -OCH3 is 1. The van der Waals surface area contributed by atoms with E-state index >= 15 is 0 Å². The largest absolute Gasteiger partial charge is 0.481 e. The van der Waals surface area contributed by atoms with Crippen molar-refractivity contribution in [2.75, 3.05) is 20.2 Å². The van der Waals surface area contributed by atoms with Crippen molar-refractivity contribution in [1.29, 1.82) is 0 Å². The number of carbonyl (C=O) groups excluding carboxylic acids is 1. The molecule has 41 heavy (non-hydrogen) atoms. The van der Waals surface area contributed by atoms with Crippen LogP contribution in [0.2, 0.25) is 0 Å². The van der Waals surface area contributed by atoms with Crippen LogP contribution in [0.3, 0.4) is 0 Å². The number of nitrogens with zero attached hydrogens (tertiary/aromatic N) is 3. The first-order valence-corrected chi connectivity index (χ1v) is 12.6. The Labute approximate surface area is 231 Å². The maximum atomic E-state index is 13.6. The first kappa shape index (κ1) is 28.1. The quantitative estimate of drug-likeness (QED) is 0.233. The van der Waals surface area contributed by atoms with Crippen LogP contribution in [0.1, 0.15) is 39.4 Å². The predicted octanol–water partition coefficient (Wildman–Crippen LogP) is 7.49. The molecule has 212 valence electrons. The molecule has 1 aliphatic heterocycles. The second-order valence-corrected chi connectivity index (χ2v) is 9.67. The third-order valence-electron chi connectivity index (χ3n) is 7.05. The van der Waals surface area contributed by atoms with E-state index in [2.05, 4.69) is 9.97 Å². The zero-order chi connectivity index (χ0) is 29.4. The van der Waals surface area contributed by atoms with Crippen molar-refractivity contribution in [2.24, 2.45) is 0 Å². The first-order chi connectivity index (χ1) is 19.4. The van der Waals surface area contributed by atoms with Gasteiger partial charge in [-0.3, -0.25) is 9.78 Å². The number of halogens is 6. The smallest absolute Gasteiger partial charge is 0.416 e. The molecular formula is C30H23F6N3O2. The van der Waals surface area contributed by atoms with Gasteiger partial charge in [-0.2, -0.15) is 26.3 Å². The normalized spacial score (nSPS) is 15.7. The van der Waals surface area contributed by atoms with E-state index in [1.54, 1.807) is 23.4 Å². The third-order valence-corrected chi connectivity index (χ3v) is 7.05. The summed E-state index contributed by atoms with van der Waals surface area (Å²) in [5.74, 6) is 0.0632. The molecule has 11 heteroatoms. The summed E-state index contributed by atoms with van der Waals surface area (Å²) in [6, 6.07) is 12.6. The summed E-state index contributed by atoms with van der Waals surface area (Å²) in [6.07, 6.45) is -4.47. The number of carbonyl (C=O) groups is 1. The van der Waals surface area contributed by atoms with E-state index in [0.29, 0.717) is 30.8 Å². The van der Waals surface area contributed by atoms with Gasteiger partial charge < -0.3 is 9.64 Å². The van der Waals surface area contributed by atoms with Gasteiger partial charge in [0, 0.05) is 54.8 Å². The van der Waals surface area contributed by atoms with Crippen molar-refractivity contribution in [1.82, 2.24) is 14.9 Å². The van der Waals surface area contributed by atoms with Crippen LogP contribution >= 0.6 is 0 Å². The molecule has 3 heterocycles. The molecule has 1 fully saturated rings. The Kier molecular flexibility index (Phi) is 7.46. The molecule has 1 unspecified atom stereocenters. The molecule has 1 amide bonds. The molecular weight excluding hydrogens is 548 g/mol. The Hall–Kier alpha value is -4.41. The van der Waals surface area contributed by atoms with Crippen LogP contribution in [0.4, 0.5) is 26.3 Å². The Morgan fingerprint density at radius 2 is 1.61 bits per heavy atom. The highest BCUT2D eigenvalue weighted by Crippen LogP contribution is 2.41. The fourth-order valence-corrected chi connectivity index (χ4v) is 4.96. The predicted molar refractivity (Wildman–Crippen MR) is 139 cm³/mol. The van der Waals surface area contributed by atoms with E-state index in [1.807, 2.05) is 12.1 Å². The van der Waals surface area contributed by atoms with Gasteiger partial charge in [0.25, 0.3) is 5.91 Å². The van der Waals surface area contributed by atoms with E-state index < -0.39 is 23.5 Å². The van der Waals surface area contributed by atoms with Crippen LogP contribution < -0.4 is 4.74 Å². The highest BCUT2D eigenvalue weighted by atomic mass is 19.4. The van der Waals surface area contributed by atoms with Crippen molar-refractivity contribution in [3.63, 3.8) is 0 Å². The van der Waals surface area contributed by atoms with Gasteiger partial charge in [-0.25, -0.2) is 4.98 Å². The van der Waals surface area contributed by atoms with Gasteiger partial charge in [0.2, 0.25) is 5.88 Å². The SMILES string of the molecule is COc1ccc(-c2cc(C(=O)N3CCC(c4cccnc4)C3)ccc2-c2cc(C(F)(F)F)cc(C(F)(F)F)c2)cn1. The highest BCUT2D eigenvalue weighted by Gasteiger charge is 2.37. The van der Waals surface area contributed by atoms with Crippen molar-refractivity contribution in [3.8, 4) is 28.1 Å². The summed E-state index contributed by atoms with van der Waals surface area (Å²) in [4.78, 5) is 23.5. The number of likely N-dealkylation sites (tertiary alicyclic amines) is 1. The van der Waals surface area contributed by atoms with Gasteiger partial charge in [0.05, 0.1) is 18.2 Å². The van der Waals surface area contributed by atoms with Crippen molar-refractivity contribution in [2.45, 2.75) is 24.7 Å². The molecule has 2 aromatic carbocycles. The summed E-state index contributed by atoms with van der Waals surface area (Å²) in [5.41, 5.74) is -1.19. The summed E-state index contributed by atoms with van der Waals surface area (Å²) >= 11 is 0. The van der Waals surface area contributed by atoms with Gasteiger partial charge in [-0.05, 0) is 71.1 Å². The fraction of sp³-hybridized carbons (Fsp3) is 0.233. The maximum Gasteiger partial charge on any atom is 0.416 e. The number of rotatable bonds is 5. The molecule has 0 bridgehead atoms. The Morgan fingerprint density at radius 1 is 0.878 bits per heavy atom. The molecule has 5 rings (SSSR count). The number of hydrogen-bond donors (Lipinski definition) is 0. The minimum atomic E-state index is -5.01. The summed E-state index contributed by atoms with van der Waals surface area (Å²) in [7, 11) is 1.41. The minimum absolute atomic E-state index is 0.0831. The van der Waals surface area contributed by atoms with E-state index in [9.17, 15) is 31.1 Å². The van der Waals surface area contributed by atoms with Crippen molar-refractivity contribution >= 4 is 5.91 Å². The molecule has 4 aromatic rings. The molecule has 2 aromatic heterocycles. The number of amides is 1. The molecule has 1 atom stereocenters. The molecule has 5 nitrogen and oxygen atoms in total. The Balaban J connectivity index is 1.58. The summed E-state index contributed by atoms with van der Waals surface area (Å²) < 4.78 is 86.7. The van der Waals surface area contributed by atoms with Crippen LogP contribution in [0.15, 0.2) is 79.3 Å². The van der Waals surface area contributed by atoms with E-state index in [-0.39, 0.29) is 46.0 Å².